The summed E-state index contributed by atoms with van der Waals surface area (Å²) in [6.07, 6.45) is 3.90. The van der Waals surface area contributed by atoms with Gasteiger partial charge in [0.05, 0.1) is 23.4 Å². The lowest BCUT2D eigenvalue weighted by Crippen LogP contribution is -2.30. The molecule has 1 saturated heterocycles. The fourth-order valence-electron chi connectivity index (χ4n) is 4.61. The van der Waals surface area contributed by atoms with Gasteiger partial charge in [0.25, 0.3) is 0 Å². The van der Waals surface area contributed by atoms with Crippen molar-refractivity contribution in [3.05, 3.63) is 107 Å². The smallest absolute Gasteiger partial charge is 0.174 e. The number of nitrogens with zero attached hydrogens (tertiary/aromatic N) is 3. The Morgan fingerprint density at radius 3 is 2.61 bits per heavy atom. The van der Waals surface area contributed by atoms with Crippen LogP contribution in [0.2, 0.25) is 5.02 Å². The van der Waals surface area contributed by atoms with Gasteiger partial charge < -0.3 is 24.3 Å². The summed E-state index contributed by atoms with van der Waals surface area (Å²) in [4.78, 5) is 6.78. The number of halogens is 1. The monoisotopic (exact) mass is 518 g/mol. The number of thiocarbonyl (C=S) groups is 1. The molecule has 184 valence electrons. The standard InChI is InChI=1S/C28H27ClN4O2S/c1-19-8-3-4-10-23(19)32-15-7-11-24(32)27-26(22-9-5-6-14-30-22)31-28(36)33(27)20-12-13-25(21(29)18-20)35-17-16-34-2/h3-15,18,26-27H,16-17H2,1-2H3,(H,31,36)/t26-,27+/m1/s1. The number of hydrogen-bond donors (Lipinski definition) is 1. The molecule has 2 aromatic carbocycles. The second kappa shape index (κ2) is 10.7. The summed E-state index contributed by atoms with van der Waals surface area (Å²) < 4.78 is 13.1. The van der Waals surface area contributed by atoms with Crippen LogP contribution in [0.15, 0.2) is 85.2 Å². The van der Waals surface area contributed by atoms with E-state index in [1.807, 2.05) is 42.6 Å². The second-order valence-electron chi connectivity index (χ2n) is 8.54. The lowest BCUT2D eigenvalue weighted by atomic mass is 10.0. The lowest BCUT2D eigenvalue weighted by Gasteiger charge is -2.29. The normalized spacial score (nSPS) is 17.3. The van der Waals surface area contributed by atoms with E-state index >= 15 is 0 Å². The number of benzene rings is 2. The molecule has 36 heavy (non-hydrogen) atoms. The first-order chi connectivity index (χ1) is 17.6. The van der Waals surface area contributed by atoms with Crippen molar-refractivity contribution in [2.75, 3.05) is 25.2 Å². The van der Waals surface area contributed by atoms with Crippen molar-refractivity contribution in [1.29, 1.82) is 0 Å². The zero-order valence-corrected chi connectivity index (χ0v) is 21.7. The third kappa shape index (κ3) is 4.69. The van der Waals surface area contributed by atoms with Gasteiger partial charge in [0, 0.05) is 36.6 Å². The first kappa shape index (κ1) is 24.3. The summed E-state index contributed by atoms with van der Waals surface area (Å²) in [6, 6.07) is 23.9. The van der Waals surface area contributed by atoms with Crippen molar-refractivity contribution in [2.24, 2.45) is 0 Å². The molecule has 4 aromatic rings. The van der Waals surface area contributed by atoms with Gasteiger partial charge in [-0.1, -0.05) is 35.9 Å². The molecule has 0 amide bonds. The minimum atomic E-state index is -0.168. The van der Waals surface area contributed by atoms with Gasteiger partial charge in [0.15, 0.2) is 5.11 Å². The van der Waals surface area contributed by atoms with Crippen molar-refractivity contribution in [3.63, 3.8) is 0 Å². The Morgan fingerprint density at radius 1 is 1.03 bits per heavy atom. The molecular formula is C28H27ClN4O2S. The Morgan fingerprint density at radius 2 is 1.86 bits per heavy atom. The van der Waals surface area contributed by atoms with Crippen LogP contribution in [-0.4, -0.2) is 35.0 Å². The molecule has 8 heteroatoms. The number of methoxy groups -OCH3 is 1. The van der Waals surface area contributed by atoms with Crippen molar-refractivity contribution < 1.29 is 9.47 Å². The topological polar surface area (TPSA) is 51.6 Å². The molecular weight excluding hydrogens is 492 g/mol. The molecule has 6 nitrogen and oxygen atoms in total. The van der Waals surface area contributed by atoms with E-state index in [-0.39, 0.29) is 12.1 Å². The van der Waals surface area contributed by atoms with E-state index < -0.39 is 0 Å². The maximum atomic E-state index is 6.63. The van der Waals surface area contributed by atoms with Crippen LogP contribution in [0.3, 0.4) is 0 Å². The molecule has 0 saturated carbocycles. The molecule has 0 unspecified atom stereocenters. The van der Waals surface area contributed by atoms with Crippen molar-refractivity contribution in [3.8, 4) is 11.4 Å². The summed E-state index contributed by atoms with van der Waals surface area (Å²) >= 11 is 12.5. The van der Waals surface area contributed by atoms with Crippen LogP contribution in [-0.2, 0) is 4.74 Å². The van der Waals surface area contributed by atoms with Gasteiger partial charge in [0.1, 0.15) is 18.4 Å². The summed E-state index contributed by atoms with van der Waals surface area (Å²) in [6.45, 7) is 3.03. The summed E-state index contributed by atoms with van der Waals surface area (Å²) in [5, 5.41) is 4.64. The number of anilines is 1. The molecule has 0 aliphatic carbocycles. The fraction of sp³-hybridized carbons (Fsp3) is 0.214. The molecule has 0 spiro atoms. The number of aromatic nitrogens is 2. The Bertz CT molecular complexity index is 1360. The van der Waals surface area contributed by atoms with Gasteiger partial charge in [0.2, 0.25) is 0 Å². The van der Waals surface area contributed by atoms with Gasteiger partial charge in [-0.25, -0.2) is 0 Å². The van der Waals surface area contributed by atoms with E-state index in [2.05, 4.69) is 69.3 Å². The zero-order chi connectivity index (χ0) is 25.1. The van der Waals surface area contributed by atoms with Crippen LogP contribution in [0.5, 0.6) is 5.75 Å². The van der Waals surface area contributed by atoms with E-state index in [4.69, 9.17) is 33.3 Å². The number of rotatable bonds is 8. The highest BCUT2D eigenvalue weighted by Gasteiger charge is 2.42. The summed E-state index contributed by atoms with van der Waals surface area (Å²) in [5.74, 6) is 0.608. The zero-order valence-electron chi connectivity index (χ0n) is 20.1. The summed E-state index contributed by atoms with van der Waals surface area (Å²) in [7, 11) is 1.64. The first-order valence-electron chi connectivity index (χ1n) is 11.7. The maximum absolute atomic E-state index is 6.63. The van der Waals surface area contributed by atoms with E-state index in [0.717, 1.165) is 22.8 Å². The number of hydrogen-bond acceptors (Lipinski definition) is 4. The lowest BCUT2D eigenvalue weighted by molar-refractivity contribution is 0.146. The third-order valence-corrected chi connectivity index (χ3v) is 6.90. The highest BCUT2D eigenvalue weighted by Crippen LogP contribution is 2.43. The second-order valence-corrected chi connectivity index (χ2v) is 9.34. The van der Waals surface area contributed by atoms with Crippen molar-refractivity contribution in [1.82, 2.24) is 14.9 Å². The highest BCUT2D eigenvalue weighted by molar-refractivity contribution is 7.80. The van der Waals surface area contributed by atoms with Crippen LogP contribution >= 0.6 is 23.8 Å². The first-order valence-corrected chi connectivity index (χ1v) is 12.5. The van der Waals surface area contributed by atoms with Gasteiger partial charge in [-0.05, 0) is 73.2 Å². The minimum absolute atomic E-state index is 0.159. The number of pyridine rings is 1. The van der Waals surface area contributed by atoms with Gasteiger partial charge in [-0.3, -0.25) is 4.98 Å². The van der Waals surface area contributed by atoms with Gasteiger partial charge in [-0.15, -0.1) is 0 Å². The molecule has 0 bridgehead atoms. The predicted octanol–water partition coefficient (Wildman–Crippen LogP) is 6.04. The highest BCUT2D eigenvalue weighted by atomic mass is 35.5. The van der Waals surface area contributed by atoms with E-state index in [1.165, 1.54) is 5.56 Å². The number of aryl methyl sites for hydroxylation is 1. The largest absolute Gasteiger partial charge is 0.490 e. The molecule has 1 aliphatic rings. The summed E-state index contributed by atoms with van der Waals surface area (Å²) in [5.41, 5.74) is 5.18. The van der Waals surface area contributed by atoms with Crippen LogP contribution < -0.4 is 15.0 Å². The number of para-hydroxylation sites is 1. The Hall–Kier alpha value is -3.39. The van der Waals surface area contributed by atoms with Crippen molar-refractivity contribution >= 4 is 34.6 Å². The molecule has 2 aromatic heterocycles. The van der Waals surface area contributed by atoms with Crippen LogP contribution in [0.25, 0.3) is 5.69 Å². The molecule has 2 atom stereocenters. The Kier molecular flexibility index (Phi) is 7.23. The van der Waals surface area contributed by atoms with Crippen LogP contribution in [0.4, 0.5) is 5.69 Å². The Balaban J connectivity index is 1.59. The molecule has 0 radical (unpaired) electrons. The molecule has 1 fully saturated rings. The maximum Gasteiger partial charge on any atom is 0.174 e. The van der Waals surface area contributed by atoms with Crippen LogP contribution in [0.1, 0.15) is 29.0 Å². The number of ether oxygens (including phenoxy) is 2. The van der Waals surface area contributed by atoms with Crippen LogP contribution in [0, 0.1) is 6.92 Å². The average molecular weight is 519 g/mol. The molecule has 1 N–H and O–H groups in total. The minimum Gasteiger partial charge on any atom is -0.490 e. The molecule has 3 heterocycles. The number of nitrogens with one attached hydrogen (secondary N) is 1. The SMILES string of the molecule is COCCOc1ccc(N2C(=S)N[C@H](c3ccccn3)[C@@H]2c2cccn2-c2ccccc2C)cc1Cl. The van der Waals surface area contributed by atoms with Gasteiger partial charge in [-0.2, -0.15) is 0 Å². The molecule has 1 aliphatic heterocycles. The van der Waals surface area contributed by atoms with E-state index in [9.17, 15) is 0 Å². The average Bonchev–Trinajstić information content (AvgIpc) is 3.50. The van der Waals surface area contributed by atoms with E-state index in [1.54, 1.807) is 7.11 Å². The predicted molar refractivity (Wildman–Crippen MR) is 147 cm³/mol. The Labute approximate surface area is 221 Å². The van der Waals surface area contributed by atoms with E-state index in [0.29, 0.717) is 29.1 Å². The third-order valence-electron chi connectivity index (χ3n) is 6.30. The molecule has 5 rings (SSSR count). The van der Waals surface area contributed by atoms with Crippen molar-refractivity contribution in [2.45, 2.75) is 19.0 Å². The van der Waals surface area contributed by atoms with Gasteiger partial charge >= 0.3 is 0 Å². The fourth-order valence-corrected chi connectivity index (χ4v) is 5.19. The quantitative estimate of drug-likeness (QED) is 0.227.